The normalized spacial score (nSPS) is 25.7. The summed E-state index contributed by atoms with van der Waals surface area (Å²) in [5, 5.41) is 8.20. The molecule has 6 nitrogen and oxygen atoms in total. The second-order valence-electron chi connectivity index (χ2n) is 4.97. The molecule has 2 rings (SSSR count). The first-order chi connectivity index (χ1) is 8.65. The molecule has 2 heterocycles. The first-order valence-corrected chi connectivity index (χ1v) is 6.49. The van der Waals surface area contributed by atoms with Crippen LogP contribution in [0.5, 0.6) is 0 Å². The molecule has 0 aromatic heterocycles. The van der Waals surface area contributed by atoms with Crippen molar-refractivity contribution in [1.82, 2.24) is 16.0 Å². The van der Waals surface area contributed by atoms with Gasteiger partial charge < -0.3 is 10.6 Å². The topological polar surface area (TPSA) is 87.3 Å². The standard InChI is InChI=1S/C12H19N3O3/c16-10-2-1-9(12(18)15-10)14-11(17)7-8-3-5-13-6-4-8/h8-9,13H,1-7H2,(H,14,17)(H,15,16,18). The smallest absolute Gasteiger partial charge is 0.249 e. The second kappa shape index (κ2) is 5.95. The summed E-state index contributed by atoms with van der Waals surface area (Å²) in [4.78, 5) is 34.3. The lowest BCUT2D eigenvalue weighted by Crippen LogP contribution is -2.52. The number of hydrogen-bond donors (Lipinski definition) is 3. The molecule has 18 heavy (non-hydrogen) atoms. The summed E-state index contributed by atoms with van der Waals surface area (Å²) in [5.74, 6) is -0.329. The first-order valence-electron chi connectivity index (χ1n) is 6.49. The van der Waals surface area contributed by atoms with Gasteiger partial charge in [-0.15, -0.1) is 0 Å². The highest BCUT2D eigenvalue weighted by Gasteiger charge is 2.28. The fourth-order valence-corrected chi connectivity index (χ4v) is 2.43. The predicted molar refractivity (Wildman–Crippen MR) is 64.5 cm³/mol. The molecule has 0 aromatic rings. The van der Waals surface area contributed by atoms with Gasteiger partial charge in [0.1, 0.15) is 6.04 Å². The number of nitrogens with one attached hydrogen (secondary N) is 3. The molecule has 1 atom stereocenters. The van der Waals surface area contributed by atoms with Gasteiger partial charge in [0, 0.05) is 12.8 Å². The minimum Gasteiger partial charge on any atom is -0.344 e. The van der Waals surface area contributed by atoms with Gasteiger partial charge in [-0.1, -0.05) is 0 Å². The number of amides is 3. The van der Waals surface area contributed by atoms with Crippen LogP contribution < -0.4 is 16.0 Å². The predicted octanol–water partition coefficient (Wildman–Crippen LogP) is -0.702. The van der Waals surface area contributed by atoms with Crippen LogP contribution in [-0.2, 0) is 14.4 Å². The van der Waals surface area contributed by atoms with Gasteiger partial charge >= 0.3 is 0 Å². The Labute approximate surface area is 106 Å². The lowest BCUT2D eigenvalue weighted by Gasteiger charge is -2.25. The maximum Gasteiger partial charge on any atom is 0.249 e. The summed E-state index contributed by atoms with van der Waals surface area (Å²) in [5.41, 5.74) is 0. The summed E-state index contributed by atoms with van der Waals surface area (Å²) >= 11 is 0. The zero-order valence-electron chi connectivity index (χ0n) is 10.3. The van der Waals surface area contributed by atoms with Crippen LogP contribution >= 0.6 is 0 Å². The summed E-state index contributed by atoms with van der Waals surface area (Å²) in [6.07, 6.45) is 3.18. The highest BCUT2D eigenvalue weighted by atomic mass is 16.2. The van der Waals surface area contributed by atoms with Gasteiger partial charge in [-0.2, -0.15) is 0 Å². The van der Waals surface area contributed by atoms with Crippen molar-refractivity contribution in [2.75, 3.05) is 13.1 Å². The molecule has 0 saturated carbocycles. The lowest BCUT2D eigenvalue weighted by atomic mass is 9.94. The largest absolute Gasteiger partial charge is 0.344 e. The fraction of sp³-hybridized carbons (Fsp3) is 0.750. The van der Waals surface area contributed by atoms with Crippen molar-refractivity contribution in [2.24, 2.45) is 5.92 Å². The van der Waals surface area contributed by atoms with Gasteiger partial charge in [0.15, 0.2) is 0 Å². The molecule has 2 fully saturated rings. The quantitative estimate of drug-likeness (QED) is 0.580. The van der Waals surface area contributed by atoms with E-state index in [2.05, 4.69) is 16.0 Å². The van der Waals surface area contributed by atoms with Gasteiger partial charge in [-0.05, 0) is 38.3 Å². The van der Waals surface area contributed by atoms with E-state index in [9.17, 15) is 14.4 Å². The Morgan fingerprint density at radius 2 is 1.94 bits per heavy atom. The van der Waals surface area contributed by atoms with Crippen LogP contribution in [0.4, 0.5) is 0 Å². The summed E-state index contributed by atoms with van der Waals surface area (Å²) in [6, 6.07) is -0.545. The van der Waals surface area contributed by atoms with E-state index in [1.165, 1.54) is 0 Å². The summed E-state index contributed by atoms with van der Waals surface area (Å²) in [6.45, 7) is 1.91. The third kappa shape index (κ3) is 3.53. The van der Waals surface area contributed by atoms with Crippen LogP contribution in [0, 0.1) is 5.92 Å². The average Bonchev–Trinajstić information content (AvgIpc) is 2.34. The van der Waals surface area contributed by atoms with E-state index in [4.69, 9.17) is 0 Å². The van der Waals surface area contributed by atoms with E-state index < -0.39 is 6.04 Å². The monoisotopic (exact) mass is 253 g/mol. The molecule has 2 aliphatic rings. The molecule has 0 aromatic carbocycles. The number of carbonyl (C=O) groups is 3. The van der Waals surface area contributed by atoms with Crippen LogP contribution in [0.2, 0.25) is 0 Å². The van der Waals surface area contributed by atoms with Gasteiger partial charge in [0.05, 0.1) is 0 Å². The number of imide groups is 1. The lowest BCUT2D eigenvalue weighted by molar-refractivity contribution is -0.137. The Balaban J connectivity index is 1.76. The van der Waals surface area contributed by atoms with E-state index in [0.29, 0.717) is 25.2 Å². The number of rotatable bonds is 3. The van der Waals surface area contributed by atoms with Crippen molar-refractivity contribution in [3.63, 3.8) is 0 Å². The van der Waals surface area contributed by atoms with Crippen molar-refractivity contribution in [3.05, 3.63) is 0 Å². The van der Waals surface area contributed by atoms with Gasteiger partial charge in [-0.3, -0.25) is 19.7 Å². The molecule has 2 aliphatic heterocycles. The minimum atomic E-state index is -0.545. The van der Waals surface area contributed by atoms with Gasteiger partial charge in [0.2, 0.25) is 17.7 Å². The maximum absolute atomic E-state index is 11.8. The Morgan fingerprint density at radius 1 is 1.22 bits per heavy atom. The molecule has 100 valence electrons. The third-order valence-electron chi connectivity index (χ3n) is 3.51. The van der Waals surface area contributed by atoms with Crippen molar-refractivity contribution >= 4 is 17.7 Å². The van der Waals surface area contributed by atoms with Gasteiger partial charge in [-0.25, -0.2) is 0 Å². The Bertz CT molecular complexity index is 350. The molecule has 0 spiro atoms. The minimum absolute atomic E-state index is 0.0867. The van der Waals surface area contributed by atoms with E-state index in [0.717, 1.165) is 25.9 Å². The highest BCUT2D eigenvalue weighted by molar-refractivity contribution is 6.01. The molecule has 1 unspecified atom stereocenters. The summed E-state index contributed by atoms with van der Waals surface area (Å²) < 4.78 is 0. The average molecular weight is 253 g/mol. The van der Waals surface area contributed by atoms with Crippen molar-refractivity contribution in [3.8, 4) is 0 Å². The van der Waals surface area contributed by atoms with Crippen LogP contribution in [0.1, 0.15) is 32.1 Å². The highest BCUT2D eigenvalue weighted by Crippen LogP contribution is 2.16. The molecule has 0 bridgehead atoms. The molecule has 3 N–H and O–H groups in total. The number of carbonyl (C=O) groups excluding carboxylic acids is 3. The van der Waals surface area contributed by atoms with Crippen molar-refractivity contribution in [2.45, 2.75) is 38.1 Å². The van der Waals surface area contributed by atoms with Crippen molar-refractivity contribution in [1.29, 1.82) is 0 Å². The Morgan fingerprint density at radius 3 is 2.61 bits per heavy atom. The zero-order valence-corrected chi connectivity index (χ0v) is 10.3. The summed E-state index contributed by atoms with van der Waals surface area (Å²) in [7, 11) is 0. The van der Waals surface area contributed by atoms with Crippen LogP contribution in [-0.4, -0.2) is 36.9 Å². The van der Waals surface area contributed by atoms with Crippen LogP contribution in [0.15, 0.2) is 0 Å². The first kappa shape index (κ1) is 13.0. The van der Waals surface area contributed by atoms with Gasteiger partial charge in [0.25, 0.3) is 0 Å². The van der Waals surface area contributed by atoms with Crippen LogP contribution in [0.3, 0.4) is 0 Å². The molecule has 0 radical (unpaired) electrons. The molecule has 6 heteroatoms. The van der Waals surface area contributed by atoms with E-state index >= 15 is 0 Å². The Kier molecular flexibility index (Phi) is 4.30. The second-order valence-corrected chi connectivity index (χ2v) is 4.97. The molecular weight excluding hydrogens is 234 g/mol. The number of piperidine rings is 2. The third-order valence-corrected chi connectivity index (χ3v) is 3.51. The van der Waals surface area contributed by atoms with E-state index in [1.807, 2.05) is 0 Å². The maximum atomic E-state index is 11.8. The molecule has 3 amide bonds. The zero-order chi connectivity index (χ0) is 13.0. The van der Waals surface area contributed by atoms with E-state index in [1.54, 1.807) is 0 Å². The van der Waals surface area contributed by atoms with Crippen molar-refractivity contribution < 1.29 is 14.4 Å². The molecule has 0 aliphatic carbocycles. The SMILES string of the molecule is O=C1CCC(NC(=O)CC2CCNCC2)C(=O)N1. The fourth-order valence-electron chi connectivity index (χ4n) is 2.43. The van der Waals surface area contributed by atoms with Crippen LogP contribution in [0.25, 0.3) is 0 Å². The number of hydrogen-bond acceptors (Lipinski definition) is 4. The Hall–Kier alpha value is -1.43. The van der Waals surface area contributed by atoms with E-state index in [-0.39, 0.29) is 17.7 Å². The molecular formula is C12H19N3O3. The molecule has 2 saturated heterocycles.